The lowest BCUT2D eigenvalue weighted by Crippen LogP contribution is -2.19. The molecule has 0 spiro atoms. The van der Waals surface area contributed by atoms with E-state index in [1.54, 1.807) is 0 Å². The molecule has 1 aromatic heterocycles. The van der Waals surface area contributed by atoms with Crippen LogP contribution in [0, 0.1) is 0 Å². The van der Waals surface area contributed by atoms with Crippen LogP contribution in [0.3, 0.4) is 0 Å². The van der Waals surface area contributed by atoms with Crippen molar-refractivity contribution < 1.29 is 4.74 Å². The molecule has 0 aliphatic rings. The Hall–Kier alpha value is -0.520. The largest absolute Gasteiger partial charge is 0.380 e. The van der Waals surface area contributed by atoms with Gasteiger partial charge in [-0.05, 0) is 18.5 Å². The highest BCUT2D eigenvalue weighted by Gasteiger charge is 1.93. The van der Waals surface area contributed by atoms with E-state index in [1.807, 2.05) is 12.3 Å². The van der Waals surface area contributed by atoms with Gasteiger partial charge in [0.25, 0.3) is 0 Å². The fraction of sp³-hybridized carbons (Fsp3) is 0.714. The predicted molar refractivity (Wildman–Crippen MR) is 48.1 cm³/mol. The molecule has 0 radical (unpaired) electrons. The molecule has 0 amide bonds. The van der Waals surface area contributed by atoms with E-state index in [0.29, 0.717) is 0 Å². The summed E-state index contributed by atoms with van der Waals surface area (Å²) in [5.74, 6) is 0. The zero-order chi connectivity index (χ0) is 8.65. The zero-order valence-electron chi connectivity index (χ0n) is 7.12. The Morgan fingerprint density at radius 3 is 3.25 bits per heavy atom. The second-order valence-corrected chi connectivity index (χ2v) is 2.88. The summed E-state index contributed by atoms with van der Waals surface area (Å²) in [5, 5.41) is 9.04. The summed E-state index contributed by atoms with van der Waals surface area (Å²) in [6, 6.07) is 0. The van der Waals surface area contributed by atoms with Gasteiger partial charge in [0.05, 0.1) is 12.3 Å². The van der Waals surface area contributed by atoms with Gasteiger partial charge in [-0.15, -0.1) is 5.10 Å². The van der Waals surface area contributed by atoms with Crippen LogP contribution in [0.15, 0.2) is 5.38 Å². The van der Waals surface area contributed by atoms with Gasteiger partial charge < -0.3 is 10.1 Å². The maximum absolute atomic E-state index is 5.16. The molecular formula is C7H13N3OS. The second kappa shape index (κ2) is 6.05. The van der Waals surface area contributed by atoms with E-state index in [-0.39, 0.29) is 0 Å². The van der Waals surface area contributed by atoms with Gasteiger partial charge in [-0.2, -0.15) is 0 Å². The van der Waals surface area contributed by atoms with Gasteiger partial charge in [-0.3, -0.25) is 0 Å². The third-order valence-corrected chi connectivity index (χ3v) is 1.89. The van der Waals surface area contributed by atoms with Crippen molar-refractivity contribution in [3.05, 3.63) is 11.1 Å². The molecule has 4 nitrogen and oxygen atoms in total. The van der Waals surface area contributed by atoms with Gasteiger partial charge in [0.2, 0.25) is 0 Å². The summed E-state index contributed by atoms with van der Waals surface area (Å²) in [5.41, 5.74) is 0.997. The maximum Gasteiger partial charge on any atom is 0.0893 e. The van der Waals surface area contributed by atoms with Gasteiger partial charge in [0.1, 0.15) is 0 Å². The van der Waals surface area contributed by atoms with Crippen molar-refractivity contribution >= 4 is 11.5 Å². The molecule has 0 saturated carbocycles. The summed E-state index contributed by atoms with van der Waals surface area (Å²) >= 11 is 1.38. The highest BCUT2D eigenvalue weighted by atomic mass is 32.1. The number of hydrogen-bond donors (Lipinski definition) is 1. The van der Waals surface area contributed by atoms with Crippen LogP contribution in [0.1, 0.15) is 12.6 Å². The average Bonchev–Trinajstić information content (AvgIpc) is 2.57. The lowest BCUT2D eigenvalue weighted by Gasteiger charge is -2.01. The number of ether oxygens (including phenoxy) is 1. The Morgan fingerprint density at radius 2 is 2.58 bits per heavy atom. The highest BCUT2D eigenvalue weighted by molar-refractivity contribution is 7.03. The molecular weight excluding hydrogens is 174 g/mol. The quantitative estimate of drug-likeness (QED) is 0.665. The first-order chi connectivity index (χ1) is 5.93. The van der Waals surface area contributed by atoms with Gasteiger partial charge in [0, 0.05) is 25.1 Å². The molecule has 0 aliphatic heterocycles. The highest BCUT2D eigenvalue weighted by Crippen LogP contribution is 1.94. The van der Waals surface area contributed by atoms with Crippen molar-refractivity contribution in [1.29, 1.82) is 0 Å². The third-order valence-electron chi connectivity index (χ3n) is 1.34. The van der Waals surface area contributed by atoms with Crippen LogP contribution in [0.5, 0.6) is 0 Å². The van der Waals surface area contributed by atoms with Gasteiger partial charge in [-0.25, -0.2) is 0 Å². The molecule has 68 valence electrons. The standard InChI is InChI=1S/C7H13N3OS/c1-2-11-4-3-8-5-7-6-12-10-9-7/h6,8H,2-5H2,1H3. The van der Waals surface area contributed by atoms with Crippen LogP contribution >= 0.6 is 11.5 Å². The van der Waals surface area contributed by atoms with Crippen LogP contribution in [0.4, 0.5) is 0 Å². The minimum Gasteiger partial charge on any atom is -0.380 e. The van der Waals surface area contributed by atoms with E-state index >= 15 is 0 Å². The van der Waals surface area contributed by atoms with Gasteiger partial charge in [-0.1, -0.05) is 4.49 Å². The number of nitrogens with one attached hydrogen (secondary N) is 1. The van der Waals surface area contributed by atoms with E-state index in [0.717, 1.165) is 32.0 Å². The molecule has 0 unspecified atom stereocenters. The molecule has 0 atom stereocenters. The first-order valence-corrected chi connectivity index (χ1v) is 4.81. The van der Waals surface area contributed by atoms with E-state index in [4.69, 9.17) is 4.74 Å². The first-order valence-electron chi connectivity index (χ1n) is 3.98. The first kappa shape index (κ1) is 9.57. The molecule has 12 heavy (non-hydrogen) atoms. The van der Waals surface area contributed by atoms with E-state index < -0.39 is 0 Å². The number of aromatic nitrogens is 2. The smallest absolute Gasteiger partial charge is 0.0893 e. The minimum atomic E-state index is 0.758. The number of rotatable bonds is 6. The molecule has 0 fully saturated rings. The molecule has 0 aromatic carbocycles. The van der Waals surface area contributed by atoms with Crippen molar-refractivity contribution in [3.63, 3.8) is 0 Å². The summed E-state index contributed by atoms with van der Waals surface area (Å²) in [7, 11) is 0. The molecule has 0 bridgehead atoms. The maximum atomic E-state index is 5.16. The summed E-state index contributed by atoms with van der Waals surface area (Å²) in [6.45, 7) is 5.17. The number of hydrogen-bond acceptors (Lipinski definition) is 5. The summed E-state index contributed by atoms with van der Waals surface area (Å²) in [4.78, 5) is 0. The Balaban J connectivity index is 1.96. The van der Waals surface area contributed by atoms with E-state index in [9.17, 15) is 0 Å². The Bertz CT molecular complexity index is 191. The minimum absolute atomic E-state index is 0.758. The molecule has 1 aromatic rings. The van der Waals surface area contributed by atoms with Crippen molar-refractivity contribution in [3.8, 4) is 0 Å². The molecule has 0 saturated heterocycles. The normalized spacial score (nSPS) is 10.4. The fourth-order valence-electron chi connectivity index (χ4n) is 0.766. The second-order valence-electron chi connectivity index (χ2n) is 2.27. The van der Waals surface area contributed by atoms with Crippen LogP contribution in [-0.2, 0) is 11.3 Å². The topological polar surface area (TPSA) is 47.0 Å². The van der Waals surface area contributed by atoms with Crippen LogP contribution in [-0.4, -0.2) is 29.3 Å². The Labute approximate surface area is 76.1 Å². The molecule has 0 aliphatic carbocycles. The molecule has 1 heterocycles. The van der Waals surface area contributed by atoms with Crippen molar-refractivity contribution in [1.82, 2.24) is 14.9 Å². The molecule has 1 rings (SSSR count). The Morgan fingerprint density at radius 1 is 1.67 bits per heavy atom. The predicted octanol–water partition coefficient (Wildman–Crippen LogP) is 0.664. The van der Waals surface area contributed by atoms with Crippen molar-refractivity contribution in [2.24, 2.45) is 0 Å². The lowest BCUT2D eigenvalue weighted by molar-refractivity contribution is 0.149. The molecule has 5 heteroatoms. The Kier molecular flexibility index (Phi) is 4.82. The lowest BCUT2D eigenvalue weighted by atomic mass is 10.5. The monoisotopic (exact) mass is 187 g/mol. The average molecular weight is 187 g/mol. The summed E-state index contributed by atoms with van der Waals surface area (Å²) in [6.07, 6.45) is 0. The third kappa shape index (κ3) is 3.75. The number of nitrogens with zero attached hydrogens (tertiary/aromatic N) is 2. The van der Waals surface area contributed by atoms with Gasteiger partial charge in [0.15, 0.2) is 0 Å². The van der Waals surface area contributed by atoms with Crippen molar-refractivity contribution in [2.45, 2.75) is 13.5 Å². The fourth-order valence-corrected chi connectivity index (χ4v) is 1.22. The van der Waals surface area contributed by atoms with Crippen molar-refractivity contribution in [2.75, 3.05) is 19.8 Å². The van der Waals surface area contributed by atoms with Crippen LogP contribution in [0.2, 0.25) is 0 Å². The van der Waals surface area contributed by atoms with E-state index in [1.165, 1.54) is 11.5 Å². The van der Waals surface area contributed by atoms with Crippen LogP contribution < -0.4 is 5.32 Å². The van der Waals surface area contributed by atoms with Gasteiger partial charge >= 0.3 is 0 Å². The molecule has 1 N–H and O–H groups in total. The van der Waals surface area contributed by atoms with E-state index in [2.05, 4.69) is 14.9 Å². The SMILES string of the molecule is CCOCCNCc1csnn1. The zero-order valence-corrected chi connectivity index (χ0v) is 7.93. The van der Waals surface area contributed by atoms with Crippen LogP contribution in [0.25, 0.3) is 0 Å². The summed E-state index contributed by atoms with van der Waals surface area (Å²) < 4.78 is 8.91.